The number of hydrogen-bond acceptors (Lipinski definition) is 2. The molecular formula is C16H13ClO2. The quantitative estimate of drug-likeness (QED) is 0.797. The Morgan fingerprint density at radius 2 is 2.00 bits per heavy atom. The molecule has 96 valence electrons. The highest BCUT2D eigenvalue weighted by atomic mass is 35.5. The summed E-state index contributed by atoms with van der Waals surface area (Å²) in [5, 5.41) is 0.598. The molecule has 0 spiro atoms. The lowest BCUT2D eigenvalue weighted by atomic mass is 10.00. The van der Waals surface area contributed by atoms with Crippen molar-refractivity contribution in [2.45, 2.75) is 12.8 Å². The van der Waals surface area contributed by atoms with E-state index in [1.165, 1.54) is 0 Å². The summed E-state index contributed by atoms with van der Waals surface area (Å²) in [6, 6.07) is 13.3. The number of hydrogen-bond donors (Lipinski definition) is 0. The van der Waals surface area contributed by atoms with Crippen LogP contribution in [-0.4, -0.2) is 12.4 Å². The van der Waals surface area contributed by atoms with E-state index in [0.717, 1.165) is 17.5 Å². The van der Waals surface area contributed by atoms with Crippen LogP contribution < -0.4 is 4.74 Å². The van der Waals surface area contributed by atoms with Crippen LogP contribution in [0.5, 0.6) is 5.75 Å². The van der Waals surface area contributed by atoms with Gasteiger partial charge in [-0.15, -0.1) is 0 Å². The Kier molecular flexibility index (Phi) is 3.26. The van der Waals surface area contributed by atoms with Gasteiger partial charge in [0.15, 0.2) is 5.78 Å². The Hall–Kier alpha value is -1.80. The van der Waals surface area contributed by atoms with Crippen LogP contribution in [0.2, 0.25) is 5.02 Å². The lowest BCUT2D eigenvalue weighted by Crippen LogP contribution is -2.05. The maximum Gasteiger partial charge on any atom is 0.171 e. The number of carbonyl (C=O) groups is 1. The molecule has 1 aliphatic heterocycles. The Bertz CT molecular complexity index is 620. The highest BCUT2D eigenvalue weighted by Crippen LogP contribution is 2.33. The fourth-order valence-corrected chi connectivity index (χ4v) is 2.59. The number of ketones is 1. The second-order valence-electron chi connectivity index (χ2n) is 4.63. The number of halogens is 1. The van der Waals surface area contributed by atoms with Gasteiger partial charge in [-0.05, 0) is 23.3 Å². The number of benzene rings is 2. The van der Waals surface area contributed by atoms with Gasteiger partial charge in [-0.2, -0.15) is 0 Å². The zero-order valence-electron chi connectivity index (χ0n) is 10.4. The van der Waals surface area contributed by atoms with Gasteiger partial charge < -0.3 is 4.74 Å². The molecule has 2 aromatic rings. The van der Waals surface area contributed by atoms with E-state index in [0.29, 0.717) is 29.4 Å². The van der Waals surface area contributed by atoms with E-state index in [1.54, 1.807) is 6.07 Å². The molecule has 0 aliphatic carbocycles. The number of ether oxygens (including phenoxy) is 1. The zero-order valence-corrected chi connectivity index (χ0v) is 11.1. The molecule has 2 aromatic carbocycles. The Labute approximate surface area is 117 Å². The molecule has 0 saturated heterocycles. The first kappa shape index (κ1) is 12.2. The van der Waals surface area contributed by atoms with Gasteiger partial charge in [0, 0.05) is 17.9 Å². The molecule has 0 radical (unpaired) electrons. The first-order chi connectivity index (χ1) is 9.24. The van der Waals surface area contributed by atoms with E-state index in [1.807, 2.05) is 36.4 Å². The topological polar surface area (TPSA) is 26.3 Å². The fraction of sp³-hybridized carbons (Fsp3) is 0.188. The Morgan fingerprint density at radius 1 is 1.21 bits per heavy atom. The van der Waals surface area contributed by atoms with Crippen LogP contribution in [0.15, 0.2) is 42.5 Å². The summed E-state index contributed by atoms with van der Waals surface area (Å²) in [5.74, 6) is 0.761. The largest absolute Gasteiger partial charge is 0.492 e. The highest BCUT2D eigenvalue weighted by molar-refractivity contribution is 6.31. The van der Waals surface area contributed by atoms with Crippen LogP contribution in [0.1, 0.15) is 21.5 Å². The monoisotopic (exact) mass is 272 g/mol. The molecule has 1 aliphatic rings. The van der Waals surface area contributed by atoms with Gasteiger partial charge in [0.25, 0.3) is 0 Å². The lowest BCUT2D eigenvalue weighted by Gasteiger charge is -2.08. The van der Waals surface area contributed by atoms with Crippen LogP contribution in [0.3, 0.4) is 0 Å². The van der Waals surface area contributed by atoms with Crippen LogP contribution in [0.4, 0.5) is 0 Å². The van der Waals surface area contributed by atoms with Gasteiger partial charge in [-0.1, -0.05) is 41.9 Å². The maximum atomic E-state index is 12.4. The molecule has 0 fully saturated rings. The normalized spacial score (nSPS) is 12.9. The van der Waals surface area contributed by atoms with E-state index in [9.17, 15) is 4.79 Å². The van der Waals surface area contributed by atoms with E-state index < -0.39 is 0 Å². The summed E-state index contributed by atoms with van der Waals surface area (Å²) < 4.78 is 5.56. The first-order valence-corrected chi connectivity index (χ1v) is 6.64. The molecule has 19 heavy (non-hydrogen) atoms. The van der Waals surface area contributed by atoms with Crippen molar-refractivity contribution in [2.75, 3.05) is 6.61 Å². The molecule has 0 bridgehead atoms. The minimum absolute atomic E-state index is 0.0480. The average molecular weight is 273 g/mol. The number of carbonyl (C=O) groups excluding carboxylic acids is 1. The molecule has 1 heterocycles. The third-order valence-electron chi connectivity index (χ3n) is 3.26. The van der Waals surface area contributed by atoms with Gasteiger partial charge in [0.05, 0.1) is 12.2 Å². The molecule has 0 atom stereocenters. The maximum absolute atomic E-state index is 12.4. The Balaban J connectivity index is 1.92. The second-order valence-corrected chi connectivity index (χ2v) is 5.06. The summed E-state index contributed by atoms with van der Waals surface area (Å²) in [4.78, 5) is 12.4. The summed E-state index contributed by atoms with van der Waals surface area (Å²) >= 11 is 6.07. The van der Waals surface area contributed by atoms with Crippen LogP contribution in [0.25, 0.3) is 0 Å². The molecule has 0 amide bonds. The Morgan fingerprint density at radius 3 is 2.79 bits per heavy atom. The number of rotatable bonds is 3. The van der Waals surface area contributed by atoms with Gasteiger partial charge in [-0.3, -0.25) is 4.79 Å². The van der Waals surface area contributed by atoms with E-state index in [-0.39, 0.29) is 5.78 Å². The van der Waals surface area contributed by atoms with Gasteiger partial charge in [-0.25, -0.2) is 0 Å². The first-order valence-electron chi connectivity index (χ1n) is 6.26. The number of fused-ring (bicyclic) bond motifs is 1. The number of Topliss-reactive ketones (excluding diaryl/α,β-unsaturated/α-hetero) is 1. The van der Waals surface area contributed by atoms with Crippen molar-refractivity contribution in [1.29, 1.82) is 0 Å². The van der Waals surface area contributed by atoms with Crippen molar-refractivity contribution in [1.82, 2.24) is 0 Å². The van der Waals surface area contributed by atoms with Crippen molar-refractivity contribution >= 4 is 17.4 Å². The molecule has 3 heteroatoms. The fourth-order valence-electron chi connectivity index (χ4n) is 2.35. The third kappa shape index (κ3) is 2.49. The van der Waals surface area contributed by atoms with Gasteiger partial charge in [0.2, 0.25) is 0 Å². The molecule has 0 saturated carbocycles. The summed E-state index contributed by atoms with van der Waals surface area (Å²) in [7, 11) is 0. The van der Waals surface area contributed by atoms with Crippen molar-refractivity contribution in [2.24, 2.45) is 0 Å². The van der Waals surface area contributed by atoms with E-state index in [4.69, 9.17) is 16.3 Å². The van der Waals surface area contributed by atoms with Crippen LogP contribution >= 0.6 is 11.6 Å². The van der Waals surface area contributed by atoms with Crippen LogP contribution in [0, 0.1) is 0 Å². The summed E-state index contributed by atoms with van der Waals surface area (Å²) in [6.45, 7) is 0.626. The van der Waals surface area contributed by atoms with E-state index in [2.05, 4.69) is 0 Å². The average Bonchev–Trinajstić information content (AvgIpc) is 2.86. The molecule has 0 aromatic heterocycles. The molecule has 3 rings (SSSR count). The minimum Gasteiger partial charge on any atom is -0.492 e. The molecule has 0 unspecified atom stereocenters. The van der Waals surface area contributed by atoms with Crippen LogP contribution in [-0.2, 0) is 12.8 Å². The smallest absolute Gasteiger partial charge is 0.171 e. The van der Waals surface area contributed by atoms with Crippen molar-refractivity contribution in [3.8, 4) is 5.75 Å². The van der Waals surface area contributed by atoms with Crippen molar-refractivity contribution in [3.05, 3.63) is 64.2 Å². The highest BCUT2D eigenvalue weighted by Gasteiger charge is 2.21. The van der Waals surface area contributed by atoms with Gasteiger partial charge >= 0.3 is 0 Å². The summed E-state index contributed by atoms with van der Waals surface area (Å²) in [6.07, 6.45) is 1.19. The van der Waals surface area contributed by atoms with Crippen molar-refractivity contribution < 1.29 is 9.53 Å². The molecule has 2 nitrogen and oxygen atoms in total. The summed E-state index contributed by atoms with van der Waals surface area (Å²) in [5.41, 5.74) is 2.63. The van der Waals surface area contributed by atoms with Gasteiger partial charge in [0.1, 0.15) is 5.75 Å². The third-order valence-corrected chi connectivity index (χ3v) is 3.47. The van der Waals surface area contributed by atoms with E-state index >= 15 is 0 Å². The standard InChI is InChI=1S/C16H13ClO2/c17-13-9-12-6-7-19-16(12)14(10-13)15(18)8-11-4-2-1-3-5-11/h1-5,9-10H,6-8H2. The second kappa shape index (κ2) is 5.06. The molecular weight excluding hydrogens is 260 g/mol. The van der Waals surface area contributed by atoms with Crippen molar-refractivity contribution in [3.63, 3.8) is 0 Å². The molecule has 0 N–H and O–H groups in total. The SMILES string of the molecule is O=C(Cc1ccccc1)c1cc(Cl)cc2c1OCC2. The minimum atomic E-state index is 0.0480. The lowest BCUT2D eigenvalue weighted by molar-refractivity contribution is 0.0990. The predicted octanol–water partition coefficient (Wildman–Crippen LogP) is 3.70. The zero-order chi connectivity index (χ0) is 13.2. The predicted molar refractivity (Wildman–Crippen MR) is 75.1 cm³/mol.